The lowest BCUT2D eigenvalue weighted by atomic mass is 10.1. The van der Waals surface area contributed by atoms with Gasteiger partial charge in [-0.2, -0.15) is 0 Å². The number of hydrogen-bond donors (Lipinski definition) is 0. The molecule has 7 aromatic rings. The summed E-state index contributed by atoms with van der Waals surface area (Å²) < 4.78 is 23.5. The zero-order valence-corrected chi connectivity index (χ0v) is 32.0. The van der Waals surface area contributed by atoms with Crippen LogP contribution in [0.4, 0.5) is 0 Å². The molecule has 8 nitrogen and oxygen atoms in total. The van der Waals surface area contributed by atoms with Crippen molar-refractivity contribution in [2.75, 3.05) is 26.3 Å². The van der Waals surface area contributed by atoms with Crippen LogP contribution in [0.5, 0.6) is 11.5 Å². The minimum Gasteiger partial charge on any atom is -0.487 e. The van der Waals surface area contributed by atoms with Crippen LogP contribution < -0.4 is 9.47 Å². The van der Waals surface area contributed by atoms with Crippen molar-refractivity contribution >= 4 is 52.1 Å². The SMILES string of the molecule is C(=NCCOCc1ccc(COCCN=Cc2ccc(OCc3ccc4ccccc4c3)cn2)cc1)c1ccc(OCc2ccc3ccccc3c2)cn1.C=S. The van der Waals surface area contributed by atoms with E-state index in [-0.39, 0.29) is 0 Å². The minimum absolute atomic E-state index is 0.491. The average Bonchev–Trinajstić information content (AvgIpc) is 3.26. The van der Waals surface area contributed by atoms with E-state index in [1.165, 1.54) is 21.5 Å². The van der Waals surface area contributed by atoms with Crippen LogP contribution in [0.1, 0.15) is 33.6 Å². The maximum absolute atomic E-state index is 5.93. The van der Waals surface area contributed by atoms with Crippen LogP contribution in [0.15, 0.2) is 156 Å². The lowest BCUT2D eigenvalue weighted by Crippen LogP contribution is -2.01. The van der Waals surface area contributed by atoms with Crippen molar-refractivity contribution in [2.24, 2.45) is 9.98 Å². The van der Waals surface area contributed by atoms with Gasteiger partial charge in [-0.05, 0) is 86.1 Å². The highest BCUT2D eigenvalue weighted by Crippen LogP contribution is 2.19. The number of benzene rings is 5. The normalized spacial score (nSPS) is 11.2. The molecule has 7 rings (SSSR count). The van der Waals surface area contributed by atoms with Gasteiger partial charge in [0.1, 0.15) is 24.7 Å². The second-order valence-corrected chi connectivity index (χ2v) is 12.8. The van der Waals surface area contributed by atoms with Gasteiger partial charge in [-0.3, -0.25) is 20.0 Å². The molecule has 0 aliphatic heterocycles. The van der Waals surface area contributed by atoms with Gasteiger partial charge in [0.25, 0.3) is 0 Å². The van der Waals surface area contributed by atoms with Gasteiger partial charge in [-0.15, -0.1) is 0 Å². The van der Waals surface area contributed by atoms with Gasteiger partial charge in [-0.25, -0.2) is 0 Å². The summed E-state index contributed by atoms with van der Waals surface area (Å²) in [5.74, 6) is 4.28. The molecule has 0 aliphatic rings. The summed E-state index contributed by atoms with van der Waals surface area (Å²) in [6.07, 6.45) is 6.97. The lowest BCUT2D eigenvalue weighted by Gasteiger charge is -2.07. The molecule has 0 amide bonds. The maximum Gasteiger partial charge on any atom is 0.138 e. The Hall–Kier alpha value is -6.13. The number of thiocarbonyl (C=S) groups is 1. The number of aliphatic imine (C=N–C) groups is 2. The van der Waals surface area contributed by atoms with E-state index < -0.39 is 0 Å². The van der Waals surface area contributed by atoms with Gasteiger partial charge >= 0.3 is 0 Å². The lowest BCUT2D eigenvalue weighted by molar-refractivity contribution is 0.126. The molecule has 0 bridgehead atoms. The first-order chi connectivity index (χ1) is 27.7. The van der Waals surface area contributed by atoms with Gasteiger partial charge in [0, 0.05) is 12.4 Å². The van der Waals surface area contributed by atoms with Crippen LogP contribution in [0.2, 0.25) is 0 Å². The number of aromatic nitrogens is 2. The summed E-state index contributed by atoms with van der Waals surface area (Å²) in [5.41, 5.74) is 6.00. The summed E-state index contributed by atoms with van der Waals surface area (Å²) in [5, 5.41) is 4.86. The zero-order chi connectivity index (χ0) is 38.6. The molecule has 0 saturated heterocycles. The van der Waals surface area contributed by atoms with Crippen molar-refractivity contribution in [1.29, 1.82) is 0 Å². The molecule has 0 saturated carbocycles. The highest BCUT2D eigenvalue weighted by atomic mass is 32.1. The van der Waals surface area contributed by atoms with Crippen LogP contribution in [-0.4, -0.2) is 54.6 Å². The molecule has 0 unspecified atom stereocenters. The van der Waals surface area contributed by atoms with Crippen LogP contribution in [-0.2, 0) is 35.9 Å². The van der Waals surface area contributed by atoms with Gasteiger partial charge in [-0.1, -0.05) is 109 Å². The fourth-order valence-corrected chi connectivity index (χ4v) is 5.76. The molecular weight excluding hydrogens is 717 g/mol. The Balaban J connectivity index is 0.00000262. The van der Waals surface area contributed by atoms with Gasteiger partial charge in [0.2, 0.25) is 0 Å². The molecule has 2 aromatic heterocycles. The summed E-state index contributed by atoms with van der Waals surface area (Å²) >= 11 is 3.83. The Bertz CT molecular complexity index is 2150. The zero-order valence-electron chi connectivity index (χ0n) is 31.2. The molecule has 2 heterocycles. The van der Waals surface area contributed by atoms with Gasteiger partial charge in [0.15, 0.2) is 0 Å². The molecule has 0 spiro atoms. The average molecular weight is 761 g/mol. The molecule has 9 heteroatoms. The molecule has 0 atom stereocenters. The Morgan fingerprint density at radius 2 is 0.875 bits per heavy atom. The summed E-state index contributed by atoms with van der Waals surface area (Å²) in [6, 6.07) is 45.3. The number of nitrogens with zero attached hydrogens (tertiary/aromatic N) is 4. The van der Waals surface area contributed by atoms with Crippen LogP contribution in [0.3, 0.4) is 0 Å². The van der Waals surface area contributed by atoms with E-state index >= 15 is 0 Å². The molecule has 5 aromatic carbocycles. The van der Waals surface area contributed by atoms with Crippen LogP contribution in [0, 0.1) is 0 Å². The predicted molar refractivity (Wildman–Crippen MR) is 230 cm³/mol. The van der Waals surface area contributed by atoms with Crippen molar-refractivity contribution in [3.8, 4) is 11.5 Å². The second kappa shape index (κ2) is 21.7. The van der Waals surface area contributed by atoms with E-state index in [4.69, 9.17) is 18.9 Å². The Morgan fingerprint density at radius 1 is 0.464 bits per heavy atom. The summed E-state index contributed by atoms with van der Waals surface area (Å²) in [4.78, 5) is 17.8. The quantitative estimate of drug-likeness (QED) is 0.0489. The van der Waals surface area contributed by atoms with Crippen LogP contribution >= 0.6 is 12.2 Å². The van der Waals surface area contributed by atoms with Crippen molar-refractivity contribution in [3.63, 3.8) is 0 Å². The Kier molecular flexibility index (Phi) is 15.3. The smallest absolute Gasteiger partial charge is 0.138 e. The third kappa shape index (κ3) is 12.5. The third-order valence-corrected chi connectivity index (χ3v) is 8.69. The van der Waals surface area contributed by atoms with Gasteiger partial charge in [0.05, 0.1) is 63.3 Å². The number of pyridine rings is 2. The standard InChI is InChI=1S/C46H42N4O4.CH2S/c1-3-7-41-25-37(13-15-39(41)5-1)33-53-45-19-17-43(49-29-45)27-47-21-23-51-31-35-9-11-36(12-10-35)32-52-24-22-48-28-44-18-20-46(30-50-44)54-34-38-14-16-40-6-2-4-8-42(40)26-38;1-2/h1-20,25-30H,21-24,31-34H2;1H2. The molecule has 282 valence electrons. The molecule has 0 fully saturated rings. The minimum atomic E-state index is 0.491. The van der Waals surface area contributed by atoms with Crippen molar-refractivity contribution in [1.82, 2.24) is 9.97 Å². The first kappa shape index (κ1) is 39.6. The largest absolute Gasteiger partial charge is 0.487 e. The number of ether oxygens (including phenoxy) is 4. The first-order valence-electron chi connectivity index (χ1n) is 18.4. The second-order valence-electron chi connectivity index (χ2n) is 12.8. The van der Waals surface area contributed by atoms with Crippen molar-refractivity contribution < 1.29 is 18.9 Å². The Morgan fingerprint density at radius 3 is 1.29 bits per heavy atom. The molecule has 0 N–H and O–H groups in total. The van der Waals surface area contributed by atoms with E-state index in [0.717, 1.165) is 45.1 Å². The predicted octanol–water partition coefficient (Wildman–Crippen LogP) is 9.83. The number of rotatable bonds is 18. The van der Waals surface area contributed by atoms with Gasteiger partial charge < -0.3 is 18.9 Å². The Labute approximate surface area is 333 Å². The van der Waals surface area contributed by atoms with E-state index in [1.54, 1.807) is 24.8 Å². The fourth-order valence-electron chi connectivity index (χ4n) is 5.76. The summed E-state index contributed by atoms with van der Waals surface area (Å²) in [6.45, 7) is 4.19. The van der Waals surface area contributed by atoms with Crippen LogP contribution in [0.25, 0.3) is 21.5 Å². The highest BCUT2D eigenvalue weighted by Gasteiger charge is 2.02. The molecule has 0 radical (unpaired) electrons. The third-order valence-electron chi connectivity index (χ3n) is 8.69. The maximum atomic E-state index is 5.93. The van der Waals surface area contributed by atoms with E-state index in [9.17, 15) is 0 Å². The molecule has 0 aliphatic carbocycles. The summed E-state index contributed by atoms with van der Waals surface area (Å²) in [7, 11) is 0. The van der Waals surface area contributed by atoms with Crippen molar-refractivity contribution in [2.45, 2.75) is 26.4 Å². The number of fused-ring (bicyclic) bond motifs is 2. The number of hydrogen-bond acceptors (Lipinski definition) is 9. The topological polar surface area (TPSA) is 87.4 Å². The monoisotopic (exact) mass is 760 g/mol. The first-order valence-corrected chi connectivity index (χ1v) is 19.0. The highest BCUT2D eigenvalue weighted by molar-refractivity contribution is 7.77. The van der Waals surface area contributed by atoms with E-state index in [2.05, 4.69) is 123 Å². The molecule has 56 heavy (non-hydrogen) atoms. The van der Waals surface area contributed by atoms with E-state index in [0.29, 0.717) is 52.7 Å². The van der Waals surface area contributed by atoms with Crippen molar-refractivity contribution in [3.05, 3.63) is 179 Å². The van der Waals surface area contributed by atoms with E-state index in [1.807, 2.05) is 48.5 Å². The molecular formula is C47H44N4O4S. The fraction of sp³-hybridized carbons (Fsp3) is 0.170.